The lowest BCUT2D eigenvalue weighted by Crippen LogP contribution is -2.15. The first-order valence-electron chi connectivity index (χ1n) is 6.03. The Morgan fingerprint density at radius 2 is 2.06 bits per heavy atom. The van der Waals surface area contributed by atoms with Gasteiger partial charge in [-0.25, -0.2) is 4.68 Å². The van der Waals surface area contributed by atoms with Crippen LogP contribution in [0.1, 0.15) is 24.1 Å². The first kappa shape index (κ1) is 10.5. The second-order valence-electron chi connectivity index (χ2n) is 4.65. The molecule has 3 rings (SSSR count). The van der Waals surface area contributed by atoms with Gasteiger partial charge in [0.2, 0.25) is 0 Å². The Hall–Kier alpha value is -1.68. The average molecular weight is 228 g/mol. The second kappa shape index (κ2) is 4.30. The van der Waals surface area contributed by atoms with Crippen LogP contribution in [0.4, 0.5) is 0 Å². The Bertz CT molecular complexity index is 496. The summed E-state index contributed by atoms with van der Waals surface area (Å²) in [5.41, 5.74) is 3.31. The molecule has 0 atom stereocenters. The summed E-state index contributed by atoms with van der Waals surface area (Å²) in [4.78, 5) is 0. The molecular weight excluding hydrogens is 212 g/mol. The number of rotatable bonds is 4. The molecule has 0 unspecified atom stereocenters. The van der Waals surface area contributed by atoms with Gasteiger partial charge in [-0.3, -0.25) is 0 Å². The minimum Gasteiger partial charge on any atom is -0.308 e. The molecule has 17 heavy (non-hydrogen) atoms. The van der Waals surface area contributed by atoms with E-state index in [-0.39, 0.29) is 0 Å². The Kier molecular flexibility index (Phi) is 2.65. The Labute approximate surface area is 101 Å². The minimum atomic E-state index is 0.708. The van der Waals surface area contributed by atoms with E-state index in [2.05, 4.69) is 46.8 Å². The zero-order valence-corrected chi connectivity index (χ0v) is 9.93. The summed E-state index contributed by atoms with van der Waals surface area (Å²) < 4.78 is 1.82. The van der Waals surface area contributed by atoms with Crippen LogP contribution in [0.5, 0.6) is 0 Å². The van der Waals surface area contributed by atoms with Gasteiger partial charge in [-0.15, -0.1) is 5.10 Å². The monoisotopic (exact) mass is 228 g/mol. The number of nitrogens with one attached hydrogen (secondary N) is 1. The maximum Gasteiger partial charge on any atom is 0.0969 e. The summed E-state index contributed by atoms with van der Waals surface area (Å²) in [5.74, 6) is 0. The van der Waals surface area contributed by atoms with E-state index in [9.17, 15) is 0 Å². The van der Waals surface area contributed by atoms with E-state index in [4.69, 9.17) is 0 Å². The molecule has 1 aliphatic carbocycles. The van der Waals surface area contributed by atoms with Gasteiger partial charge in [-0.1, -0.05) is 22.9 Å². The van der Waals surface area contributed by atoms with Crippen molar-refractivity contribution in [2.24, 2.45) is 0 Å². The molecule has 1 aromatic heterocycles. The van der Waals surface area contributed by atoms with Crippen LogP contribution in [-0.4, -0.2) is 21.0 Å². The molecule has 4 nitrogen and oxygen atoms in total. The molecule has 1 aromatic carbocycles. The standard InChI is InChI=1S/C13H16N4/c1-10-2-6-13(7-3-10)17-9-12(15-16-17)8-14-11-4-5-11/h2-3,6-7,9,11,14H,4-5,8H2,1H3. The summed E-state index contributed by atoms with van der Waals surface area (Å²) in [6, 6.07) is 8.99. The van der Waals surface area contributed by atoms with Gasteiger partial charge in [-0.05, 0) is 31.9 Å². The summed E-state index contributed by atoms with van der Waals surface area (Å²) >= 11 is 0. The average Bonchev–Trinajstić information content (AvgIpc) is 3.06. The van der Waals surface area contributed by atoms with Crippen LogP contribution in [0.15, 0.2) is 30.5 Å². The van der Waals surface area contributed by atoms with Crippen molar-refractivity contribution in [3.8, 4) is 5.69 Å². The normalized spacial score (nSPS) is 15.1. The molecule has 2 aromatic rings. The molecule has 88 valence electrons. The predicted octanol–water partition coefficient (Wildman–Crippen LogP) is 1.83. The van der Waals surface area contributed by atoms with Crippen LogP contribution in [-0.2, 0) is 6.54 Å². The third kappa shape index (κ3) is 2.53. The van der Waals surface area contributed by atoms with Gasteiger partial charge < -0.3 is 5.32 Å². The fourth-order valence-corrected chi connectivity index (χ4v) is 1.74. The van der Waals surface area contributed by atoms with Crippen LogP contribution in [0.2, 0.25) is 0 Å². The van der Waals surface area contributed by atoms with E-state index in [0.717, 1.165) is 17.9 Å². The number of hydrogen-bond acceptors (Lipinski definition) is 3. The first-order chi connectivity index (χ1) is 8.31. The summed E-state index contributed by atoms with van der Waals surface area (Å²) in [7, 11) is 0. The zero-order chi connectivity index (χ0) is 11.7. The lowest BCUT2D eigenvalue weighted by Gasteiger charge is -2.00. The zero-order valence-electron chi connectivity index (χ0n) is 9.93. The van der Waals surface area contributed by atoms with Gasteiger partial charge in [-0.2, -0.15) is 0 Å². The third-order valence-corrected chi connectivity index (χ3v) is 2.99. The first-order valence-corrected chi connectivity index (χ1v) is 6.03. The van der Waals surface area contributed by atoms with Crippen LogP contribution in [0.25, 0.3) is 5.69 Å². The highest BCUT2D eigenvalue weighted by atomic mass is 15.4. The lowest BCUT2D eigenvalue weighted by atomic mass is 10.2. The fraction of sp³-hybridized carbons (Fsp3) is 0.385. The van der Waals surface area contributed by atoms with Crippen LogP contribution in [0, 0.1) is 6.92 Å². The second-order valence-corrected chi connectivity index (χ2v) is 4.65. The third-order valence-electron chi connectivity index (χ3n) is 2.99. The van der Waals surface area contributed by atoms with Crippen molar-refractivity contribution in [3.63, 3.8) is 0 Å². The smallest absolute Gasteiger partial charge is 0.0969 e. The summed E-state index contributed by atoms with van der Waals surface area (Å²) in [6.07, 6.45) is 4.58. The van der Waals surface area contributed by atoms with E-state index in [1.54, 1.807) is 0 Å². The van der Waals surface area contributed by atoms with Crippen LogP contribution < -0.4 is 5.32 Å². The SMILES string of the molecule is Cc1ccc(-n2cc(CNC3CC3)nn2)cc1. The Morgan fingerprint density at radius 3 is 2.76 bits per heavy atom. The van der Waals surface area contributed by atoms with Gasteiger partial charge in [0.15, 0.2) is 0 Å². The molecule has 1 saturated carbocycles. The van der Waals surface area contributed by atoms with Crippen LogP contribution in [0.3, 0.4) is 0 Å². The molecule has 1 aliphatic rings. The highest BCUT2D eigenvalue weighted by Gasteiger charge is 2.20. The van der Waals surface area contributed by atoms with Crippen molar-refractivity contribution < 1.29 is 0 Å². The van der Waals surface area contributed by atoms with Gasteiger partial charge in [0.25, 0.3) is 0 Å². The minimum absolute atomic E-state index is 0.708. The highest BCUT2D eigenvalue weighted by Crippen LogP contribution is 2.19. The van der Waals surface area contributed by atoms with Gasteiger partial charge in [0.1, 0.15) is 0 Å². The molecule has 0 aliphatic heterocycles. The van der Waals surface area contributed by atoms with Gasteiger partial charge in [0, 0.05) is 12.6 Å². The van der Waals surface area contributed by atoms with Crippen molar-refractivity contribution in [1.29, 1.82) is 0 Å². The molecule has 0 saturated heterocycles. The highest BCUT2D eigenvalue weighted by molar-refractivity contribution is 5.33. The van der Waals surface area contributed by atoms with Crippen molar-refractivity contribution in [2.75, 3.05) is 0 Å². The molecule has 1 heterocycles. The van der Waals surface area contributed by atoms with Crippen molar-refractivity contribution in [2.45, 2.75) is 32.4 Å². The largest absolute Gasteiger partial charge is 0.308 e. The Balaban J connectivity index is 1.72. The molecule has 0 spiro atoms. The molecule has 0 radical (unpaired) electrons. The van der Waals surface area contributed by atoms with Crippen molar-refractivity contribution in [3.05, 3.63) is 41.7 Å². The Morgan fingerprint density at radius 1 is 1.29 bits per heavy atom. The molecule has 4 heteroatoms. The van der Waals surface area contributed by atoms with Gasteiger partial charge >= 0.3 is 0 Å². The maximum absolute atomic E-state index is 4.17. The molecular formula is C13H16N4. The van der Waals surface area contributed by atoms with E-state index < -0.39 is 0 Å². The summed E-state index contributed by atoms with van der Waals surface area (Å²) in [5, 5.41) is 11.7. The molecule has 0 amide bonds. The topological polar surface area (TPSA) is 42.7 Å². The van der Waals surface area contributed by atoms with E-state index in [0.29, 0.717) is 6.04 Å². The summed E-state index contributed by atoms with van der Waals surface area (Å²) in [6.45, 7) is 2.90. The predicted molar refractivity (Wildman–Crippen MR) is 66.0 cm³/mol. The van der Waals surface area contributed by atoms with E-state index in [1.807, 2.05) is 10.9 Å². The number of aromatic nitrogens is 3. The van der Waals surface area contributed by atoms with Crippen molar-refractivity contribution in [1.82, 2.24) is 20.3 Å². The molecule has 1 N–H and O–H groups in total. The van der Waals surface area contributed by atoms with E-state index >= 15 is 0 Å². The van der Waals surface area contributed by atoms with Crippen LogP contribution >= 0.6 is 0 Å². The number of nitrogens with zero attached hydrogens (tertiary/aromatic N) is 3. The van der Waals surface area contributed by atoms with Crippen molar-refractivity contribution >= 4 is 0 Å². The quantitative estimate of drug-likeness (QED) is 0.868. The lowest BCUT2D eigenvalue weighted by molar-refractivity contribution is 0.671. The maximum atomic E-state index is 4.17. The number of hydrogen-bond donors (Lipinski definition) is 1. The van der Waals surface area contributed by atoms with Gasteiger partial charge in [0.05, 0.1) is 17.6 Å². The van der Waals surface area contributed by atoms with E-state index in [1.165, 1.54) is 18.4 Å². The molecule has 1 fully saturated rings. The fourth-order valence-electron chi connectivity index (χ4n) is 1.74. The molecule has 0 bridgehead atoms. The number of benzene rings is 1. The number of aryl methyl sites for hydroxylation is 1.